The van der Waals surface area contributed by atoms with Gasteiger partial charge in [0.25, 0.3) is 0 Å². The molecule has 1 aliphatic rings. The highest BCUT2D eigenvalue weighted by molar-refractivity contribution is 8.29. The summed E-state index contributed by atoms with van der Waals surface area (Å²) in [5.74, 6) is 0.0826. The van der Waals surface area contributed by atoms with Gasteiger partial charge in [0.05, 0.1) is 14.7 Å². The van der Waals surface area contributed by atoms with E-state index in [1.165, 1.54) is 18.6 Å². The highest BCUT2D eigenvalue weighted by Gasteiger charge is 2.24. The van der Waals surface area contributed by atoms with Crippen LogP contribution < -0.4 is 0 Å². The van der Waals surface area contributed by atoms with Gasteiger partial charge in [-0.1, -0.05) is 36.4 Å². The zero-order valence-corrected chi connectivity index (χ0v) is 25.2. The maximum atomic E-state index is 12.2. The molecule has 0 bridgehead atoms. The number of hydrogen-bond acceptors (Lipinski definition) is 7. The third-order valence-corrected chi connectivity index (χ3v) is 11.0. The Morgan fingerprint density at radius 2 is 1.28 bits per heavy atom. The topological polar surface area (TPSA) is 109 Å². The SMILES string of the molecule is CS(=O)(=O)c1cccc(C2CCN(CCC(c3cccc(S(C)(=O)=O)c3)c3cccc(S(=O)(O)=S)c3)CC2)c1. The second-order valence-electron chi connectivity index (χ2n) is 10.2. The highest BCUT2D eigenvalue weighted by atomic mass is 32.8. The van der Waals surface area contributed by atoms with Crippen LogP contribution in [-0.4, -0.2) is 62.6 Å². The zero-order chi connectivity index (χ0) is 28.4. The molecule has 4 rings (SSSR count). The molecule has 11 heteroatoms. The molecule has 0 radical (unpaired) electrons. The van der Waals surface area contributed by atoms with Crippen molar-refractivity contribution in [2.75, 3.05) is 32.1 Å². The molecule has 210 valence electrons. The third kappa shape index (κ3) is 7.74. The normalized spacial score (nSPS) is 17.9. The summed E-state index contributed by atoms with van der Waals surface area (Å²) < 4.78 is 70.5. The lowest BCUT2D eigenvalue weighted by atomic mass is 9.87. The van der Waals surface area contributed by atoms with Crippen LogP contribution in [0.15, 0.2) is 87.5 Å². The Kier molecular flexibility index (Phi) is 8.99. The molecule has 3 aromatic rings. The lowest BCUT2D eigenvalue weighted by Gasteiger charge is -2.33. The monoisotopic (exact) mass is 607 g/mol. The van der Waals surface area contributed by atoms with Gasteiger partial charge in [-0.2, -0.15) is 0 Å². The van der Waals surface area contributed by atoms with Crippen molar-refractivity contribution in [1.82, 2.24) is 4.90 Å². The molecule has 1 heterocycles. The second kappa shape index (κ2) is 11.8. The lowest BCUT2D eigenvalue weighted by Crippen LogP contribution is -2.34. The summed E-state index contributed by atoms with van der Waals surface area (Å²) in [5.41, 5.74) is 2.66. The van der Waals surface area contributed by atoms with Gasteiger partial charge in [-0.05, 0) is 97.9 Å². The van der Waals surface area contributed by atoms with Crippen molar-refractivity contribution in [2.24, 2.45) is 0 Å². The minimum atomic E-state index is -3.56. The van der Waals surface area contributed by atoms with Crippen molar-refractivity contribution in [3.05, 3.63) is 89.5 Å². The van der Waals surface area contributed by atoms with Gasteiger partial charge in [0, 0.05) is 29.6 Å². The van der Waals surface area contributed by atoms with Crippen LogP contribution in [0.25, 0.3) is 0 Å². The first-order chi connectivity index (χ1) is 18.2. The van der Waals surface area contributed by atoms with Gasteiger partial charge in [0.2, 0.25) is 0 Å². The fourth-order valence-electron chi connectivity index (χ4n) is 5.18. The molecule has 2 unspecified atom stereocenters. The molecule has 1 fully saturated rings. The van der Waals surface area contributed by atoms with Crippen molar-refractivity contribution < 1.29 is 25.6 Å². The van der Waals surface area contributed by atoms with Crippen LogP contribution in [0.4, 0.5) is 0 Å². The van der Waals surface area contributed by atoms with Crippen molar-refractivity contribution in [2.45, 2.75) is 45.8 Å². The Hall–Kier alpha value is -2.15. The van der Waals surface area contributed by atoms with Crippen LogP contribution in [-0.2, 0) is 39.6 Å². The largest absolute Gasteiger partial charge is 0.303 e. The smallest absolute Gasteiger partial charge is 0.175 e. The van der Waals surface area contributed by atoms with Crippen LogP contribution in [0.1, 0.15) is 47.8 Å². The van der Waals surface area contributed by atoms with Gasteiger partial charge >= 0.3 is 0 Å². The average molecular weight is 608 g/mol. The first kappa shape index (κ1) is 29.8. The predicted octanol–water partition coefficient (Wildman–Crippen LogP) is 4.47. The maximum Gasteiger partial charge on any atom is 0.175 e. The van der Waals surface area contributed by atoms with Crippen molar-refractivity contribution in [1.29, 1.82) is 0 Å². The number of benzene rings is 3. The first-order valence-electron chi connectivity index (χ1n) is 12.6. The quantitative estimate of drug-likeness (QED) is 0.380. The van der Waals surface area contributed by atoms with E-state index in [4.69, 9.17) is 11.2 Å². The van der Waals surface area contributed by atoms with E-state index in [9.17, 15) is 25.6 Å². The van der Waals surface area contributed by atoms with Crippen LogP contribution in [0.5, 0.6) is 0 Å². The number of hydrogen-bond donors (Lipinski definition) is 1. The number of rotatable bonds is 9. The molecule has 0 aromatic heterocycles. The first-order valence-corrected chi connectivity index (χ1v) is 18.8. The molecule has 1 saturated heterocycles. The summed E-state index contributed by atoms with van der Waals surface area (Å²) in [7, 11) is -10.2. The van der Waals surface area contributed by atoms with Crippen LogP contribution in [0.3, 0.4) is 0 Å². The molecule has 0 aliphatic carbocycles. The summed E-state index contributed by atoms with van der Waals surface area (Å²) >= 11 is 4.79. The van der Waals surface area contributed by atoms with Gasteiger partial charge in [-0.25, -0.2) is 21.0 Å². The van der Waals surface area contributed by atoms with E-state index in [0.29, 0.717) is 11.3 Å². The highest BCUT2D eigenvalue weighted by Crippen LogP contribution is 2.33. The number of sulfone groups is 2. The van der Waals surface area contributed by atoms with Gasteiger partial charge in [0.15, 0.2) is 28.4 Å². The predicted molar refractivity (Wildman–Crippen MR) is 157 cm³/mol. The Bertz CT molecular complexity index is 1580. The molecule has 1 N–H and O–H groups in total. The standard InChI is InChI=1S/C28H33NO6S4/c1-37(30,31)25-9-3-6-22(18-25)21-12-15-29(16-13-21)17-14-28(23-7-4-10-26(19-23)38(2,32)33)24-8-5-11-27(20-24)39(34,35)36/h3-11,18-21,28H,12-17H2,1-2H3,(H,34,35,36). The molecule has 2 atom stereocenters. The fourth-order valence-corrected chi connectivity index (χ4v) is 7.38. The number of piperidine rings is 1. The van der Waals surface area contributed by atoms with E-state index in [2.05, 4.69) is 4.90 Å². The van der Waals surface area contributed by atoms with Gasteiger partial charge in [-0.15, -0.1) is 0 Å². The minimum Gasteiger partial charge on any atom is -0.303 e. The van der Waals surface area contributed by atoms with E-state index in [0.717, 1.165) is 49.2 Å². The van der Waals surface area contributed by atoms with Gasteiger partial charge in [-0.3, -0.25) is 0 Å². The number of nitrogens with zero attached hydrogens (tertiary/aromatic N) is 1. The molecule has 0 saturated carbocycles. The summed E-state index contributed by atoms with van der Waals surface area (Å²) in [6.07, 6.45) is 4.88. The van der Waals surface area contributed by atoms with Crippen molar-refractivity contribution in [3.63, 3.8) is 0 Å². The summed E-state index contributed by atoms with van der Waals surface area (Å²) in [6.45, 7) is 2.44. The van der Waals surface area contributed by atoms with E-state index >= 15 is 0 Å². The zero-order valence-electron chi connectivity index (χ0n) is 21.9. The minimum absolute atomic E-state index is 0.163. The van der Waals surface area contributed by atoms with Gasteiger partial charge in [0.1, 0.15) is 0 Å². The lowest BCUT2D eigenvalue weighted by molar-refractivity contribution is 0.207. The van der Waals surface area contributed by atoms with E-state index in [1.807, 2.05) is 18.2 Å². The Labute approximate surface area is 236 Å². The van der Waals surface area contributed by atoms with E-state index in [1.54, 1.807) is 48.5 Å². The molecule has 3 aromatic carbocycles. The Morgan fingerprint density at radius 1 is 0.795 bits per heavy atom. The molecule has 1 aliphatic heterocycles. The maximum absolute atomic E-state index is 12.2. The van der Waals surface area contributed by atoms with E-state index < -0.39 is 28.4 Å². The third-order valence-electron chi connectivity index (χ3n) is 7.33. The fraction of sp³-hybridized carbons (Fsp3) is 0.357. The Morgan fingerprint density at radius 3 is 1.82 bits per heavy atom. The van der Waals surface area contributed by atoms with Gasteiger partial charge < -0.3 is 9.45 Å². The molecular weight excluding hydrogens is 575 g/mol. The van der Waals surface area contributed by atoms with Crippen LogP contribution in [0, 0.1) is 0 Å². The summed E-state index contributed by atoms with van der Waals surface area (Å²) in [4.78, 5) is 3.09. The van der Waals surface area contributed by atoms with Crippen molar-refractivity contribution in [3.8, 4) is 0 Å². The van der Waals surface area contributed by atoms with E-state index in [-0.39, 0.29) is 21.6 Å². The summed E-state index contributed by atoms with van der Waals surface area (Å²) in [6, 6.07) is 20.8. The van der Waals surface area contributed by atoms with Crippen LogP contribution in [0.2, 0.25) is 0 Å². The molecule has 0 amide bonds. The molecular formula is C28H33NO6S4. The molecule has 39 heavy (non-hydrogen) atoms. The molecule has 0 spiro atoms. The Balaban J connectivity index is 1.53. The molecule has 7 nitrogen and oxygen atoms in total. The second-order valence-corrected chi connectivity index (χ2v) is 17.0. The number of likely N-dealkylation sites (tertiary alicyclic amines) is 1. The summed E-state index contributed by atoms with van der Waals surface area (Å²) in [5, 5.41) is 0. The average Bonchev–Trinajstić information content (AvgIpc) is 2.88. The van der Waals surface area contributed by atoms with Crippen LogP contribution >= 0.6 is 0 Å². The van der Waals surface area contributed by atoms with Crippen molar-refractivity contribution >= 4 is 39.6 Å².